The molecule has 0 spiro atoms. The second-order valence-corrected chi connectivity index (χ2v) is 3.68. The van der Waals surface area contributed by atoms with Gasteiger partial charge in [-0.3, -0.25) is 4.79 Å². The topological polar surface area (TPSA) is 54.0 Å². The fourth-order valence-corrected chi connectivity index (χ4v) is 1.70. The molecule has 1 aromatic rings. The monoisotopic (exact) mass is 213 g/mol. The van der Waals surface area contributed by atoms with Crippen molar-refractivity contribution >= 4 is 22.4 Å². The van der Waals surface area contributed by atoms with E-state index in [0.717, 1.165) is 18.1 Å². The summed E-state index contributed by atoms with van der Waals surface area (Å²) in [7, 11) is 0. The van der Waals surface area contributed by atoms with Crippen molar-refractivity contribution in [1.82, 2.24) is 10.3 Å². The molecule has 78 valence electrons. The maximum Gasteiger partial charge on any atom is 0.270 e. The van der Waals surface area contributed by atoms with Crippen molar-refractivity contribution in [2.45, 2.75) is 20.3 Å². The van der Waals surface area contributed by atoms with E-state index in [1.54, 1.807) is 5.38 Å². The van der Waals surface area contributed by atoms with Gasteiger partial charge in [0.2, 0.25) is 0 Å². The van der Waals surface area contributed by atoms with Gasteiger partial charge in [0.25, 0.3) is 5.91 Å². The minimum absolute atomic E-state index is 0.0905. The van der Waals surface area contributed by atoms with Crippen LogP contribution in [0.5, 0.6) is 0 Å². The van der Waals surface area contributed by atoms with Crippen molar-refractivity contribution in [2.75, 3.05) is 18.4 Å². The van der Waals surface area contributed by atoms with Gasteiger partial charge in [-0.1, -0.05) is 6.92 Å². The lowest BCUT2D eigenvalue weighted by Crippen LogP contribution is -2.24. The van der Waals surface area contributed by atoms with Crippen molar-refractivity contribution in [3.05, 3.63) is 11.1 Å². The number of hydrogen-bond acceptors (Lipinski definition) is 4. The number of carbonyl (C=O) groups is 1. The summed E-state index contributed by atoms with van der Waals surface area (Å²) >= 11 is 1.45. The molecule has 5 heteroatoms. The summed E-state index contributed by atoms with van der Waals surface area (Å²) < 4.78 is 0. The molecule has 0 aromatic carbocycles. The predicted octanol–water partition coefficient (Wildman–Crippen LogP) is 1.71. The lowest BCUT2D eigenvalue weighted by molar-refractivity contribution is 0.0949. The molecule has 0 aliphatic carbocycles. The quantitative estimate of drug-likeness (QED) is 0.783. The molecule has 2 N–H and O–H groups in total. The molecular formula is C9H15N3OS. The second kappa shape index (κ2) is 5.59. The van der Waals surface area contributed by atoms with E-state index in [-0.39, 0.29) is 5.91 Å². The fourth-order valence-electron chi connectivity index (χ4n) is 0.940. The molecule has 0 saturated heterocycles. The summed E-state index contributed by atoms with van der Waals surface area (Å²) in [4.78, 5) is 15.6. The van der Waals surface area contributed by atoms with Gasteiger partial charge >= 0.3 is 0 Å². The zero-order valence-corrected chi connectivity index (χ0v) is 9.28. The predicted molar refractivity (Wildman–Crippen MR) is 58.9 cm³/mol. The van der Waals surface area contributed by atoms with Crippen LogP contribution in [0.15, 0.2) is 5.38 Å². The van der Waals surface area contributed by atoms with Crippen LogP contribution in [0.3, 0.4) is 0 Å². The minimum atomic E-state index is -0.0905. The molecule has 4 nitrogen and oxygen atoms in total. The van der Waals surface area contributed by atoms with Gasteiger partial charge in [-0.2, -0.15) is 0 Å². The van der Waals surface area contributed by atoms with Crippen LogP contribution < -0.4 is 10.6 Å². The first-order valence-electron chi connectivity index (χ1n) is 4.75. The average Bonchev–Trinajstić information content (AvgIpc) is 2.63. The van der Waals surface area contributed by atoms with Crippen molar-refractivity contribution < 1.29 is 4.79 Å². The number of rotatable bonds is 5. The third kappa shape index (κ3) is 2.99. The summed E-state index contributed by atoms with van der Waals surface area (Å²) in [6.45, 7) is 5.54. The Kier molecular flexibility index (Phi) is 4.39. The number of amides is 1. The number of carbonyl (C=O) groups excluding carboxylic acids is 1. The van der Waals surface area contributed by atoms with Crippen molar-refractivity contribution in [1.29, 1.82) is 0 Å². The summed E-state index contributed by atoms with van der Waals surface area (Å²) in [5.74, 6) is -0.0905. The van der Waals surface area contributed by atoms with E-state index in [1.165, 1.54) is 11.3 Å². The second-order valence-electron chi connectivity index (χ2n) is 2.82. The molecule has 0 bridgehead atoms. The van der Waals surface area contributed by atoms with E-state index >= 15 is 0 Å². The van der Waals surface area contributed by atoms with Crippen LogP contribution in [0.25, 0.3) is 0 Å². The van der Waals surface area contributed by atoms with Gasteiger partial charge in [0.1, 0.15) is 5.69 Å². The zero-order valence-electron chi connectivity index (χ0n) is 8.46. The molecule has 14 heavy (non-hydrogen) atoms. The first-order valence-corrected chi connectivity index (χ1v) is 5.63. The molecule has 1 heterocycles. The van der Waals surface area contributed by atoms with Crippen LogP contribution in [0, 0.1) is 0 Å². The van der Waals surface area contributed by atoms with E-state index in [2.05, 4.69) is 15.6 Å². The van der Waals surface area contributed by atoms with Gasteiger partial charge < -0.3 is 10.6 Å². The van der Waals surface area contributed by atoms with E-state index in [4.69, 9.17) is 0 Å². The Morgan fingerprint density at radius 1 is 1.57 bits per heavy atom. The normalized spacial score (nSPS) is 9.86. The molecule has 0 fully saturated rings. The van der Waals surface area contributed by atoms with Crippen LogP contribution >= 0.6 is 11.3 Å². The highest BCUT2D eigenvalue weighted by atomic mass is 32.1. The highest BCUT2D eigenvalue weighted by molar-refractivity contribution is 7.13. The van der Waals surface area contributed by atoms with Gasteiger partial charge in [0.05, 0.1) is 0 Å². The van der Waals surface area contributed by atoms with Gasteiger partial charge in [0.15, 0.2) is 5.13 Å². The number of thiazole rings is 1. The summed E-state index contributed by atoms with van der Waals surface area (Å²) in [5, 5.41) is 8.41. The van der Waals surface area contributed by atoms with Gasteiger partial charge in [-0.15, -0.1) is 11.3 Å². The molecule has 0 saturated carbocycles. The van der Waals surface area contributed by atoms with E-state index < -0.39 is 0 Å². The van der Waals surface area contributed by atoms with Gasteiger partial charge in [-0.05, 0) is 13.3 Å². The SMILES string of the molecule is CCCNC(=O)c1csc(NCC)n1. The van der Waals surface area contributed by atoms with Crippen LogP contribution in [-0.4, -0.2) is 24.0 Å². The van der Waals surface area contributed by atoms with Crippen LogP contribution in [0.2, 0.25) is 0 Å². The third-order valence-corrected chi connectivity index (χ3v) is 2.40. The van der Waals surface area contributed by atoms with Crippen molar-refractivity contribution in [3.8, 4) is 0 Å². The van der Waals surface area contributed by atoms with E-state index in [1.807, 2.05) is 13.8 Å². The fraction of sp³-hybridized carbons (Fsp3) is 0.556. The minimum Gasteiger partial charge on any atom is -0.362 e. The first kappa shape index (κ1) is 11.0. The Morgan fingerprint density at radius 2 is 2.36 bits per heavy atom. The standard InChI is InChI=1S/C9H15N3OS/c1-3-5-11-8(13)7-6-14-9(12-7)10-4-2/h6H,3-5H2,1-2H3,(H,10,12)(H,11,13). The molecular weight excluding hydrogens is 198 g/mol. The Bertz CT molecular complexity index is 298. The first-order chi connectivity index (χ1) is 6.77. The van der Waals surface area contributed by atoms with E-state index in [0.29, 0.717) is 12.2 Å². The molecule has 0 unspecified atom stereocenters. The number of nitrogens with one attached hydrogen (secondary N) is 2. The maximum atomic E-state index is 11.4. The highest BCUT2D eigenvalue weighted by Gasteiger charge is 2.08. The van der Waals surface area contributed by atoms with Crippen molar-refractivity contribution in [2.24, 2.45) is 0 Å². The van der Waals surface area contributed by atoms with Gasteiger partial charge in [0, 0.05) is 18.5 Å². The Morgan fingerprint density at radius 3 is 3.00 bits per heavy atom. The molecule has 0 aliphatic heterocycles. The Hall–Kier alpha value is -1.10. The summed E-state index contributed by atoms with van der Waals surface area (Å²) in [6.07, 6.45) is 0.940. The smallest absolute Gasteiger partial charge is 0.270 e. The maximum absolute atomic E-state index is 11.4. The van der Waals surface area contributed by atoms with E-state index in [9.17, 15) is 4.79 Å². The average molecular weight is 213 g/mol. The largest absolute Gasteiger partial charge is 0.362 e. The lowest BCUT2D eigenvalue weighted by atomic mass is 10.4. The molecule has 1 rings (SSSR count). The molecule has 1 aromatic heterocycles. The van der Waals surface area contributed by atoms with Crippen LogP contribution in [0.1, 0.15) is 30.8 Å². The summed E-state index contributed by atoms with van der Waals surface area (Å²) in [5.41, 5.74) is 0.499. The third-order valence-electron chi connectivity index (χ3n) is 1.60. The zero-order chi connectivity index (χ0) is 10.4. The molecule has 1 amide bonds. The van der Waals surface area contributed by atoms with Crippen LogP contribution in [0.4, 0.5) is 5.13 Å². The highest BCUT2D eigenvalue weighted by Crippen LogP contribution is 2.14. The van der Waals surface area contributed by atoms with Crippen LogP contribution in [-0.2, 0) is 0 Å². The molecule has 0 atom stereocenters. The Balaban J connectivity index is 2.53. The number of aromatic nitrogens is 1. The molecule has 0 aliphatic rings. The Labute approximate surface area is 87.7 Å². The summed E-state index contributed by atoms with van der Waals surface area (Å²) in [6, 6.07) is 0. The lowest BCUT2D eigenvalue weighted by Gasteiger charge is -1.99. The molecule has 0 radical (unpaired) electrons. The number of hydrogen-bond donors (Lipinski definition) is 2. The number of anilines is 1. The van der Waals surface area contributed by atoms with Gasteiger partial charge in [-0.25, -0.2) is 4.98 Å². The number of nitrogens with zero attached hydrogens (tertiary/aromatic N) is 1. The van der Waals surface area contributed by atoms with Crippen molar-refractivity contribution in [3.63, 3.8) is 0 Å².